The van der Waals surface area contributed by atoms with Crippen LogP contribution >= 0.6 is 0 Å². The molecule has 0 spiro atoms. The van der Waals surface area contributed by atoms with Gasteiger partial charge in [-0.2, -0.15) is 4.98 Å². The molecule has 4 rings (SSSR count). The minimum atomic E-state index is -0.593. The maximum Gasteiger partial charge on any atom is 0.260 e. The number of aromatic nitrogens is 3. The SMILES string of the molecule is O=C(Nc1ccccc1-c1nc(-c2cccnc2)no1)c1ccccc1F. The zero-order valence-corrected chi connectivity index (χ0v) is 14.0. The van der Waals surface area contributed by atoms with Crippen molar-refractivity contribution in [3.05, 3.63) is 84.4 Å². The molecule has 2 aromatic carbocycles. The van der Waals surface area contributed by atoms with Crippen LogP contribution in [0.15, 0.2) is 77.6 Å². The number of hydrogen-bond acceptors (Lipinski definition) is 5. The first-order chi connectivity index (χ1) is 13.2. The van der Waals surface area contributed by atoms with Crippen molar-refractivity contribution < 1.29 is 13.7 Å². The molecule has 4 aromatic rings. The molecule has 27 heavy (non-hydrogen) atoms. The van der Waals surface area contributed by atoms with Crippen molar-refractivity contribution in [3.8, 4) is 22.8 Å². The van der Waals surface area contributed by atoms with Crippen molar-refractivity contribution in [1.29, 1.82) is 0 Å². The van der Waals surface area contributed by atoms with E-state index in [0.717, 1.165) is 0 Å². The van der Waals surface area contributed by atoms with Crippen molar-refractivity contribution in [2.24, 2.45) is 0 Å². The molecule has 0 bridgehead atoms. The molecule has 0 saturated heterocycles. The normalized spacial score (nSPS) is 10.6. The number of rotatable bonds is 4. The summed E-state index contributed by atoms with van der Waals surface area (Å²) in [6.45, 7) is 0. The zero-order valence-electron chi connectivity index (χ0n) is 14.0. The Labute approximate surface area is 153 Å². The fourth-order valence-corrected chi connectivity index (χ4v) is 2.56. The Morgan fingerprint density at radius 2 is 1.81 bits per heavy atom. The van der Waals surface area contributed by atoms with Gasteiger partial charge < -0.3 is 9.84 Å². The lowest BCUT2D eigenvalue weighted by molar-refractivity contribution is 0.102. The highest BCUT2D eigenvalue weighted by atomic mass is 19.1. The predicted molar refractivity (Wildman–Crippen MR) is 97.3 cm³/mol. The van der Waals surface area contributed by atoms with Gasteiger partial charge in [0.1, 0.15) is 5.82 Å². The lowest BCUT2D eigenvalue weighted by Crippen LogP contribution is -2.14. The number of para-hydroxylation sites is 1. The van der Waals surface area contributed by atoms with Crippen LogP contribution in [0.3, 0.4) is 0 Å². The van der Waals surface area contributed by atoms with Gasteiger partial charge in [0, 0.05) is 18.0 Å². The average molecular weight is 360 g/mol. The predicted octanol–water partition coefficient (Wildman–Crippen LogP) is 4.19. The topological polar surface area (TPSA) is 80.9 Å². The number of anilines is 1. The van der Waals surface area contributed by atoms with E-state index in [0.29, 0.717) is 22.6 Å². The van der Waals surface area contributed by atoms with Crippen molar-refractivity contribution in [1.82, 2.24) is 15.1 Å². The fourth-order valence-electron chi connectivity index (χ4n) is 2.56. The van der Waals surface area contributed by atoms with E-state index in [9.17, 15) is 9.18 Å². The van der Waals surface area contributed by atoms with Crippen LogP contribution in [0, 0.1) is 5.82 Å². The van der Waals surface area contributed by atoms with Crippen LogP contribution in [0.1, 0.15) is 10.4 Å². The van der Waals surface area contributed by atoms with E-state index in [1.54, 1.807) is 48.8 Å². The average Bonchev–Trinajstić information content (AvgIpc) is 3.19. The van der Waals surface area contributed by atoms with E-state index in [4.69, 9.17) is 4.52 Å². The van der Waals surface area contributed by atoms with Gasteiger partial charge in [0.05, 0.1) is 16.8 Å². The Bertz CT molecular complexity index is 1100. The molecule has 132 valence electrons. The van der Waals surface area contributed by atoms with E-state index in [2.05, 4.69) is 20.4 Å². The zero-order chi connectivity index (χ0) is 18.6. The van der Waals surface area contributed by atoms with Crippen LogP contribution in [-0.4, -0.2) is 21.0 Å². The summed E-state index contributed by atoms with van der Waals surface area (Å²) in [4.78, 5) is 20.8. The van der Waals surface area contributed by atoms with Crippen molar-refractivity contribution in [3.63, 3.8) is 0 Å². The quantitative estimate of drug-likeness (QED) is 0.590. The monoisotopic (exact) mass is 360 g/mol. The summed E-state index contributed by atoms with van der Waals surface area (Å²) in [5.41, 5.74) is 1.63. The third-order valence-corrected chi connectivity index (χ3v) is 3.87. The highest BCUT2D eigenvalue weighted by Gasteiger charge is 2.17. The molecule has 0 aliphatic carbocycles. The van der Waals surface area contributed by atoms with Crippen LogP contribution in [0.25, 0.3) is 22.8 Å². The lowest BCUT2D eigenvalue weighted by atomic mass is 10.1. The Morgan fingerprint density at radius 3 is 2.63 bits per heavy atom. The molecule has 0 atom stereocenters. The maximum absolute atomic E-state index is 13.8. The summed E-state index contributed by atoms with van der Waals surface area (Å²) < 4.78 is 19.2. The van der Waals surface area contributed by atoms with Gasteiger partial charge >= 0.3 is 0 Å². The molecule has 1 amide bonds. The third kappa shape index (κ3) is 3.43. The molecule has 0 saturated carbocycles. The van der Waals surface area contributed by atoms with Gasteiger partial charge in [-0.25, -0.2) is 4.39 Å². The highest BCUT2D eigenvalue weighted by Crippen LogP contribution is 2.28. The standard InChI is InChI=1S/C20H13FN4O2/c21-16-9-3-1-7-14(16)19(26)23-17-10-4-2-8-15(17)20-24-18(25-27-20)13-6-5-11-22-12-13/h1-12H,(H,23,26). The minimum absolute atomic E-state index is 0.0473. The second kappa shape index (κ2) is 7.17. The van der Waals surface area contributed by atoms with Crippen molar-refractivity contribution in [2.45, 2.75) is 0 Å². The summed E-state index contributed by atoms with van der Waals surface area (Å²) in [7, 11) is 0. The molecular formula is C20H13FN4O2. The van der Waals surface area contributed by atoms with Crippen LogP contribution < -0.4 is 5.32 Å². The number of pyridine rings is 1. The van der Waals surface area contributed by atoms with Crippen LogP contribution in [0.2, 0.25) is 0 Å². The number of hydrogen-bond donors (Lipinski definition) is 1. The van der Waals surface area contributed by atoms with E-state index in [-0.39, 0.29) is 11.5 Å². The Hall–Kier alpha value is -3.87. The smallest absolute Gasteiger partial charge is 0.260 e. The molecule has 0 radical (unpaired) electrons. The van der Waals surface area contributed by atoms with Gasteiger partial charge in [-0.3, -0.25) is 9.78 Å². The first kappa shape index (κ1) is 16.6. The molecule has 0 aliphatic rings. The van der Waals surface area contributed by atoms with Crippen molar-refractivity contribution in [2.75, 3.05) is 5.32 Å². The molecular weight excluding hydrogens is 347 g/mol. The molecule has 6 nitrogen and oxygen atoms in total. The minimum Gasteiger partial charge on any atom is -0.334 e. The fraction of sp³-hybridized carbons (Fsp3) is 0. The number of nitrogens with zero attached hydrogens (tertiary/aromatic N) is 3. The van der Waals surface area contributed by atoms with Crippen LogP contribution in [0.4, 0.5) is 10.1 Å². The van der Waals surface area contributed by atoms with Gasteiger partial charge in [-0.15, -0.1) is 0 Å². The molecule has 0 fully saturated rings. The molecule has 7 heteroatoms. The summed E-state index contributed by atoms with van der Waals surface area (Å²) in [6.07, 6.45) is 3.28. The summed E-state index contributed by atoms with van der Waals surface area (Å²) in [6, 6.07) is 16.3. The number of carbonyl (C=O) groups excluding carboxylic acids is 1. The Kier molecular flexibility index (Phi) is 4.40. The van der Waals surface area contributed by atoms with E-state index < -0.39 is 11.7 Å². The maximum atomic E-state index is 13.8. The van der Waals surface area contributed by atoms with E-state index in [1.165, 1.54) is 18.2 Å². The molecule has 1 N–H and O–H groups in total. The Morgan fingerprint density at radius 1 is 1.00 bits per heavy atom. The highest BCUT2D eigenvalue weighted by molar-refractivity contribution is 6.06. The molecule has 2 aromatic heterocycles. The number of nitrogens with one attached hydrogen (secondary N) is 1. The van der Waals surface area contributed by atoms with Gasteiger partial charge in [0.15, 0.2) is 0 Å². The second-order valence-corrected chi connectivity index (χ2v) is 5.64. The second-order valence-electron chi connectivity index (χ2n) is 5.64. The van der Waals surface area contributed by atoms with Crippen molar-refractivity contribution >= 4 is 11.6 Å². The van der Waals surface area contributed by atoms with Crippen LogP contribution in [0.5, 0.6) is 0 Å². The van der Waals surface area contributed by atoms with Crippen LogP contribution in [-0.2, 0) is 0 Å². The van der Waals surface area contributed by atoms with Gasteiger partial charge in [0.2, 0.25) is 5.82 Å². The molecule has 0 unspecified atom stereocenters. The first-order valence-electron chi connectivity index (χ1n) is 8.12. The Balaban J connectivity index is 1.65. The third-order valence-electron chi connectivity index (χ3n) is 3.87. The molecule has 2 heterocycles. The number of amides is 1. The largest absolute Gasteiger partial charge is 0.334 e. The first-order valence-corrected chi connectivity index (χ1v) is 8.12. The molecule has 0 aliphatic heterocycles. The summed E-state index contributed by atoms with van der Waals surface area (Å²) >= 11 is 0. The van der Waals surface area contributed by atoms with E-state index >= 15 is 0 Å². The lowest BCUT2D eigenvalue weighted by Gasteiger charge is -2.09. The number of carbonyl (C=O) groups is 1. The van der Waals surface area contributed by atoms with Gasteiger partial charge in [-0.05, 0) is 36.4 Å². The number of halogens is 1. The van der Waals surface area contributed by atoms with E-state index in [1.807, 2.05) is 6.07 Å². The summed E-state index contributed by atoms with van der Waals surface area (Å²) in [5.74, 6) is -0.539. The van der Waals surface area contributed by atoms with Gasteiger partial charge in [0.25, 0.3) is 11.8 Å². The number of benzene rings is 2. The summed E-state index contributed by atoms with van der Waals surface area (Å²) in [5, 5.41) is 6.65. The van der Waals surface area contributed by atoms with Gasteiger partial charge in [-0.1, -0.05) is 29.4 Å².